The van der Waals surface area contributed by atoms with Crippen LogP contribution in [0.25, 0.3) is 0 Å². The third-order valence-corrected chi connectivity index (χ3v) is 34.4. The summed E-state index contributed by atoms with van der Waals surface area (Å²) in [7, 11) is -8.26. The highest BCUT2D eigenvalue weighted by molar-refractivity contribution is 7.55. The molecule has 0 radical (unpaired) electrons. The van der Waals surface area contributed by atoms with E-state index in [1.54, 1.807) is 118 Å². The third-order valence-electron chi connectivity index (χ3n) is 30.8. The van der Waals surface area contributed by atoms with Crippen molar-refractivity contribution in [3.63, 3.8) is 0 Å². The summed E-state index contributed by atoms with van der Waals surface area (Å²) >= 11 is 0. The molecule has 9 saturated carbocycles. The summed E-state index contributed by atoms with van der Waals surface area (Å²) in [5.74, 6) is -3.15. The van der Waals surface area contributed by atoms with Crippen molar-refractivity contribution in [3.05, 3.63) is 132 Å². The fraction of sp³-hybridized carbons (Fsp3) is 0.641. The molecule has 672 valence electrons. The first-order valence-electron chi connectivity index (χ1n) is 43.3. The minimum Gasteiger partial charge on any atom is -0.464 e. The molecule has 0 amide bonds. The van der Waals surface area contributed by atoms with Crippen molar-refractivity contribution in [3.8, 4) is 11.5 Å². The zero-order valence-corrected chi connectivity index (χ0v) is 73.5. The van der Waals surface area contributed by atoms with Crippen LogP contribution in [0.5, 0.6) is 11.5 Å². The molecule has 29 nitrogen and oxygen atoms in total. The number of aldehydes is 1. The minimum atomic E-state index is -4.52. The van der Waals surface area contributed by atoms with Gasteiger partial charge in [-0.2, -0.15) is 0 Å². The molecular formula is C92H120O29P2. The number of Topliss-reactive ketones (excluding diaryl/α,β-unsaturated/α-hetero) is 3. The number of carbonyl (C=O) groups excluding carboxylic acids is 9. The van der Waals surface area contributed by atoms with Gasteiger partial charge >= 0.3 is 27.1 Å². The van der Waals surface area contributed by atoms with E-state index in [4.69, 9.17) is 46.5 Å². The molecule has 2 heterocycles. The van der Waals surface area contributed by atoms with Gasteiger partial charge in [-0.1, -0.05) is 126 Å². The van der Waals surface area contributed by atoms with E-state index >= 15 is 0 Å². The summed E-state index contributed by atoms with van der Waals surface area (Å²) in [5, 5.41) is 85.9. The zero-order chi connectivity index (χ0) is 89.3. The maximum absolute atomic E-state index is 14.6. The van der Waals surface area contributed by atoms with Crippen LogP contribution in [-0.4, -0.2) is 211 Å². The van der Waals surface area contributed by atoms with Gasteiger partial charge in [-0.3, -0.25) is 37.8 Å². The maximum Gasteiger partial charge on any atom is 0.436 e. The van der Waals surface area contributed by atoms with Gasteiger partial charge in [0, 0.05) is 50.2 Å². The molecule has 4 unspecified atom stereocenters. The monoisotopic (exact) mass is 1750 g/mol. The Labute approximate surface area is 716 Å². The fourth-order valence-corrected chi connectivity index (χ4v) is 28.7. The average molecular weight is 1750 g/mol. The van der Waals surface area contributed by atoms with Crippen molar-refractivity contribution >= 4 is 68.1 Å². The lowest BCUT2D eigenvalue weighted by Gasteiger charge is -2.59. The molecule has 16 rings (SSSR count). The third kappa shape index (κ3) is 15.8. The van der Waals surface area contributed by atoms with Crippen LogP contribution in [-0.2, 0) is 89.7 Å². The van der Waals surface area contributed by atoms with Crippen LogP contribution in [0.4, 0.5) is 0 Å². The first-order chi connectivity index (χ1) is 58.1. The van der Waals surface area contributed by atoms with Crippen molar-refractivity contribution < 1.29 is 140 Å². The van der Waals surface area contributed by atoms with E-state index in [9.17, 15) is 93.1 Å². The van der Waals surface area contributed by atoms with Crippen LogP contribution in [0.15, 0.2) is 132 Å². The van der Waals surface area contributed by atoms with Crippen molar-refractivity contribution in [2.24, 2.45) is 85.8 Å². The van der Waals surface area contributed by atoms with Crippen molar-refractivity contribution in [1.82, 2.24) is 0 Å². The number of esters is 2. The number of rotatable bonds is 23. The van der Waals surface area contributed by atoms with Crippen LogP contribution in [0.1, 0.15) is 166 Å². The molecule has 31 heteroatoms. The van der Waals surface area contributed by atoms with Crippen molar-refractivity contribution in [1.29, 1.82) is 0 Å². The van der Waals surface area contributed by atoms with E-state index < -0.39 is 170 Å². The molecule has 14 aliphatic rings. The number of carbonyl (C=O) groups is 9. The molecule has 11 fully saturated rings. The fourth-order valence-electron chi connectivity index (χ4n) is 25.5. The second-order valence-electron chi connectivity index (χ2n) is 37.2. The molecule has 0 aromatic heterocycles. The Balaban J connectivity index is 0.000000147. The number of aliphatic hydroxyl groups excluding tert-OH is 7. The molecule has 2 saturated heterocycles. The van der Waals surface area contributed by atoms with Gasteiger partial charge in [0.05, 0.1) is 49.8 Å². The van der Waals surface area contributed by atoms with E-state index in [2.05, 4.69) is 27.7 Å². The van der Waals surface area contributed by atoms with Crippen molar-refractivity contribution in [2.45, 2.75) is 244 Å². The highest BCUT2D eigenvalue weighted by Gasteiger charge is 2.80. The maximum atomic E-state index is 14.6. The molecule has 30 atom stereocenters. The van der Waals surface area contributed by atoms with Gasteiger partial charge in [-0.25, -0.2) is 18.7 Å². The molecule has 0 spiro atoms. The van der Waals surface area contributed by atoms with Crippen LogP contribution in [0.3, 0.4) is 0 Å². The number of aliphatic hydroxyl groups is 8. The number of benzene rings is 2. The zero-order valence-electron chi connectivity index (χ0n) is 71.7. The molecule has 123 heavy (non-hydrogen) atoms. The van der Waals surface area contributed by atoms with Crippen LogP contribution in [0.2, 0.25) is 0 Å². The Morgan fingerprint density at radius 1 is 0.528 bits per heavy atom. The predicted molar refractivity (Wildman–Crippen MR) is 442 cm³/mol. The smallest absolute Gasteiger partial charge is 0.436 e. The Bertz CT molecular complexity index is 4690. The molecular weight excluding hydrogens is 1630 g/mol. The topological polar surface area (TPSA) is 442 Å². The average Bonchev–Trinajstić information content (AvgIpc) is 1.53. The number of fused-ring (bicyclic) bond motifs is 19. The highest BCUT2D eigenvalue weighted by atomic mass is 31.2. The Kier molecular flexibility index (Phi) is 27.1. The lowest BCUT2D eigenvalue weighted by molar-refractivity contribution is -0.200. The quantitative estimate of drug-likeness (QED) is 0.0291. The SMILES string of the molecule is CCCC1O[C@@H]2C[C@H]3[C@@H]4CCC5=CC(=O)C=C[C@]5(C)[C@H]4[C@@H](O)C[C@]3(C)[C@]2(C(=O)CO)O1.CCOC(=O)[C@@H](C)OP(=O)(CC=O)Oc1ccccc1.CCOC(=O)[C@@H](C)OP(=O)(Oc1ccccc1)C1O[C@@H]2C[C@H]3[C@@H]4CCC5=CC(=O)C=C[C@]5(C)[C@H]4[C@@H](O)C[C@]3(C)[C@]2(C(=O)CO)O1.C[C@]12C=CC(=O)C=C1CC[C@@H]1[C@@H]2[C@@H](O)C[C@@]2(C)[C@H]1C[C@@H](O)[C@]2(O)C(=O)CO. The summed E-state index contributed by atoms with van der Waals surface area (Å²) in [6.45, 7) is 18.0. The van der Waals surface area contributed by atoms with E-state index in [0.717, 1.165) is 48.8 Å². The molecule has 0 bridgehead atoms. The number of hydrogen-bond donors (Lipinski definition) is 8. The molecule has 2 aromatic rings. The predicted octanol–water partition coefficient (Wildman–Crippen LogP) is 9.79. The van der Waals surface area contributed by atoms with E-state index in [0.29, 0.717) is 50.6 Å². The molecule has 12 aliphatic carbocycles. The van der Waals surface area contributed by atoms with Gasteiger partial charge in [0.15, 0.2) is 70.0 Å². The van der Waals surface area contributed by atoms with E-state index in [1.807, 2.05) is 32.1 Å². The Hall–Kier alpha value is -6.99. The minimum absolute atomic E-state index is 0.00826. The number of hydrogen-bond acceptors (Lipinski definition) is 29. The van der Waals surface area contributed by atoms with Gasteiger partial charge in [0.1, 0.15) is 43.8 Å². The number of allylic oxidation sites excluding steroid dienone is 12. The lowest BCUT2D eigenvalue weighted by atomic mass is 9.46. The van der Waals surface area contributed by atoms with Crippen LogP contribution < -0.4 is 9.05 Å². The Morgan fingerprint density at radius 2 is 0.919 bits per heavy atom. The summed E-state index contributed by atoms with van der Waals surface area (Å²) in [6.07, 6.45) is 16.0. The Morgan fingerprint density at radius 3 is 1.33 bits per heavy atom. The van der Waals surface area contributed by atoms with Gasteiger partial charge < -0.3 is 83.1 Å². The summed E-state index contributed by atoms with van der Waals surface area (Å²) < 4.78 is 84.3. The summed E-state index contributed by atoms with van der Waals surface area (Å²) in [5.41, 5.74) is -5.83. The number of ether oxygens (including phenoxy) is 6. The van der Waals surface area contributed by atoms with Gasteiger partial charge in [-0.05, 0) is 207 Å². The van der Waals surface area contributed by atoms with Crippen LogP contribution >= 0.6 is 15.2 Å². The molecule has 2 aliphatic heterocycles. The van der Waals surface area contributed by atoms with Gasteiger partial charge in [0.25, 0.3) is 6.03 Å². The van der Waals surface area contributed by atoms with Crippen molar-refractivity contribution in [2.75, 3.05) is 39.2 Å². The van der Waals surface area contributed by atoms with E-state index in [-0.39, 0.29) is 120 Å². The first kappa shape index (κ1) is 93.6. The van der Waals surface area contributed by atoms with Gasteiger partial charge in [-0.15, -0.1) is 0 Å². The lowest BCUT2D eigenvalue weighted by Crippen LogP contribution is -2.63. The van der Waals surface area contributed by atoms with E-state index in [1.165, 1.54) is 13.8 Å². The number of para-hydroxylation sites is 2. The summed E-state index contributed by atoms with van der Waals surface area (Å²) in [4.78, 5) is 110. The molecule has 8 N–H and O–H groups in total. The van der Waals surface area contributed by atoms with Gasteiger partial charge in [0.2, 0.25) is 0 Å². The second-order valence-corrected chi connectivity index (χ2v) is 41.0. The largest absolute Gasteiger partial charge is 0.464 e. The normalized spacial score (nSPS) is 41.1. The second kappa shape index (κ2) is 35.6. The first-order valence-corrected chi connectivity index (χ1v) is 46.7. The highest BCUT2D eigenvalue weighted by Crippen LogP contribution is 2.75. The van der Waals surface area contributed by atoms with Crippen LogP contribution in [0, 0.1) is 85.8 Å². The summed E-state index contributed by atoms with van der Waals surface area (Å²) in [6, 6.07) is 14.8. The number of ketones is 6. The standard InChI is InChI=1S/C33H41O11P.C25H34O6.C21H28O6.C13H17O6P/c1-5-40-29(38)19(2)43-45(39,44-22-9-7-6-8-10-22)30-41-27-16-24-23-12-11-20-15-21(35)13-14-31(20,3)28(23)25(36)17-32(24,4)33(27,42-30)26(37)18-34;1-4-5-21-30-20-11-17-16-7-6-14-10-15(27)8-9-23(14,2)22(16)18(28)12-24(17,3)25(20,31-21)19(29)13-26;1-19-6-5-12(23)7-11(19)3-4-13-14-8-16(25)21(27,17(26)10-22)20(14,2)9-15(24)18(13)19;1-3-17-13(15)11(2)18-20(16,10-9-14)19-12-7-5-4-6-8-12/h6-10,13-15,19,23-25,27-28,30,34,36H,5,11-12,16-18H2,1-4H3;8-10,16-18,20-22,26,28H,4-7,11-13H2,1-3H3;5-7,13-16,18,22,24-25,27H,3-4,8-10H2,1-2H3;4-9,11H,3,10H2,1-2H3/t19-,23+,24+,25+,27-,28-,30?,31+,32+,33-,45?;16-,17-,18-,20+,21?,22+,23-,24-,25+;13-,14-,15-,16+,18+,19-,20-,21-;11-,20?/m1001/s1. The molecule has 2 aromatic carbocycles.